The van der Waals surface area contributed by atoms with Crippen molar-refractivity contribution in [1.29, 1.82) is 0 Å². The Balaban J connectivity index is 2.95. The Morgan fingerprint density at radius 1 is 1.68 bits per heavy atom. The second kappa shape index (κ2) is 5.94. The van der Waals surface area contributed by atoms with Crippen LogP contribution in [0.3, 0.4) is 0 Å². The molecule has 0 fully saturated rings. The molecular formula is C10H15N5O4. The van der Waals surface area contributed by atoms with Crippen molar-refractivity contribution in [1.82, 2.24) is 9.97 Å². The van der Waals surface area contributed by atoms with Gasteiger partial charge in [0.1, 0.15) is 12.2 Å². The predicted molar refractivity (Wildman–Crippen MR) is 67.6 cm³/mol. The van der Waals surface area contributed by atoms with Crippen molar-refractivity contribution in [3.05, 3.63) is 16.3 Å². The van der Waals surface area contributed by atoms with E-state index in [4.69, 9.17) is 10.8 Å². The van der Waals surface area contributed by atoms with E-state index in [9.17, 15) is 14.9 Å². The molecule has 0 spiro atoms. The number of hydrogen-bond donors (Lipinski definition) is 3. The molecule has 0 bridgehead atoms. The molecule has 0 aromatic carbocycles. The molecule has 0 aliphatic rings. The Morgan fingerprint density at radius 2 is 2.32 bits per heavy atom. The molecule has 0 saturated heterocycles. The number of nitro groups is 1. The van der Waals surface area contributed by atoms with E-state index in [1.807, 2.05) is 6.92 Å². The normalized spacial score (nSPS) is 13.6. The highest BCUT2D eigenvalue weighted by molar-refractivity contribution is 5.77. The highest BCUT2D eigenvalue weighted by atomic mass is 16.6. The van der Waals surface area contributed by atoms with E-state index in [0.29, 0.717) is 6.42 Å². The maximum atomic E-state index is 11.1. The highest BCUT2D eigenvalue weighted by Crippen LogP contribution is 2.20. The van der Waals surface area contributed by atoms with Crippen molar-refractivity contribution >= 4 is 23.4 Å². The molecule has 0 aliphatic carbocycles. The zero-order valence-electron chi connectivity index (χ0n) is 10.5. The zero-order valence-corrected chi connectivity index (χ0v) is 10.5. The van der Waals surface area contributed by atoms with Crippen molar-refractivity contribution in [3.63, 3.8) is 0 Å². The van der Waals surface area contributed by atoms with Crippen LogP contribution in [0.25, 0.3) is 0 Å². The molecule has 2 atom stereocenters. The molecular weight excluding hydrogens is 254 g/mol. The lowest BCUT2D eigenvalue weighted by molar-refractivity contribution is -0.384. The van der Waals surface area contributed by atoms with Crippen LogP contribution in [0.1, 0.15) is 20.3 Å². The number of carboxylic acid groups (broad SMARTS) is 1. The zero-order chi connectivity index (χ0) is 14.6. The molecule has 0 amide bonds. The first-order valence-electron chi connectivity index (χ1n) is 5.63. The van der Waals surface area contributed by atoms with E-state index < -0.39 is 22.6 Å². The van der Waals surface area contributed by atoms with E-state index in [-0.39, 0.29) is 17.7 Å². The maximum Gasteiger partial charge on any atom is 0.329 e. The number of nitrogens with one attached hydrogen (secondary N) is 1. The van der Waals surface area contributed by atoms with Gasteiger partial charge in [-0.3, -0.25) is 10.1 Å². The average molecular weight is 269 g/mol. The van der Waals surface area contributed by atoms with Crippen LogP contribution in [0.15, 0.2) is 6.20 Å². The van der Waals surface area contributed by atoms with Crippen molar-refractivity contribution in [2.45, 2.75) is 26.3 Å². The fourth-order valence-corrected chi connectivity index (χ4v) is 1.42. The highest BCUT2D eigenvalue weighted by Gasteiger charge is 2.25. The molecule has 0 radical (unpaired) electrons. The van der Waals surface area contributed by atoms with Gasteiger partial charge in [0.2, 0.25) is 11.8 Å². The Hall–Kier alpha value is -2.45. The number of aliphatic carboxylic acids is 1. The van der Waals surface area contributed by atoms with E-state index in [2.05, 4.69) is 15.3 Å². The van der Waals surface area contributed by atoms with E-state index in [0.717, 1.165) is 6.20 Å². The number of aromatic nitrogens is 2. The van der Waals surface area contributed by atoms with Crippen molar-refractivity contribution in [2.75, 3.05) is 11.1 Å². The van der Waals surface area contributed by atoms with Gasteiger partial charge in [-0.25, -0.2) is 9.78 Å². The average Bonchev–Trinajstić information content (AvgIpc) is 2.34. The minimum Gasteiger partial charge on any atom is -0.480 e. The molecule has 0 aliphatic heterocycles. The van der Waals surface area contributed by atoms with E-state index in [1.165, 1.54) is 0 Å². The molecule has 104 valence electrons. The Bertz CT molecular complexity index is 493. The number of nitrogen functional groups attached to an aromatic ring is 1. The fourth-order valence-electron chi connectivity index (χ4n) is 1.42. The number of nitrogens with two attached hydrogens (primary N) is 1. The van der Waals surface area contributed by atoms with Crippen LogP contribution in [0.5, 0.6) is 0 Å². The van der Waals surface area contributed by atoms with Crippen LogP contribution in [-0.4, -0.2) is 32.0 Å². The number of carboxylic acids is 1. The van der Waals surface area contributed by atoms with Gasteiger partial charge < -0.3 is 16.2 Å². The minimum absolute atomic E-state index is 0.0456. The number of nitrogens with zero attached hydrogens (tertiary/aromatic N) is 3. The summed E-state index contributed by atoms with van der Waals surface area (Å²) >= 11 is 0. The summed E-state index contributed by atoms with van der Waals surface area (Å²) in [6.45, 7) is 3.62. The number of anilines is 2. The minimum atomic E-state index is -1.05. The molecule has 0 saturated carbocycles. The van der Waals surface area contributed by atoms with Crippen LogP contribution in [0.2, 0.25) is 0 Å². The third-order valence-corrected chi connectivity index (χ3v) is 2.76. The van der Waals surface area contributed by atoms with Crippen molar-refractivity contribution in [2.24, 2.45) is 5.92 Å². The third kappa shape index (κ3) is 3.50. The smallest absolute Gasteiger partial charge is 0.329 e. The molecule has 1 aromatic heterocycles. The molecule has 0 unspecified atom stereocenters. The number of hydrogen-bond acceptors (Lipinski definition) is 7. The molecule has 1 heterocycles. The van der Waals surface area contributed by atoms with Gasteiger partial charge in [-0.1, -0.05) is 20.3 Å². The standard InChI is InChI=1S/C10H15N5O4/c1-3-5(2)7(9(16)17)13-10-12-4-6(15(18)19)8(11)14-10/h4-5,7H,3H2,1-2H3,(H,16,17)(H3,11,12,13,14)/t5-,7-/m0/s1. The van der Waals surface area contributed by atoms with E-state index >= 15 is 0 Å². The first-order chi connectivity index (χ1) is 8.86. The monoisotopic (exact) mass is 269 g/mol. The van der Waals surface area contributed by atoms with Gasteiger partial charge in [-0.2, -0.15) is 4.98 Å². The number of rotatable bonds is 6. The lowest BCUT2D eigenvalue weighted by Crippen LogP contribution is -2.36. The SMILES string of the molecule is CC[C@H](C)[C@H](Nc1ncc([N+](=O)[O-])c(N)n1)C(=O)O. The summed E-state index contributed by atoms with van der Waals surface area (Å²) in [5, 5.41) is 22.3. The fraction of sp³-hybridized carbons (Fsp3) is 0.500. The molecule has 9 nitrogen and oxygen atoms in total. The molecule has 1 rings (SSSR count). The second-order valence-corrected chi connectivity index (χ2v) is 4.07. The third-order valence-electron chi connectivity index (χ3n) is 2.76. The first kappa shape index (κ1) is 14.6. The summed E-state index contributed by atoms with van der Waals surface area (Å²) in [5.74, 6) is -1.56. The van der Waals surface area contributed by atoms with Crippen LogP contribution in [0.4, 0.5) is 17.5 Å². The van der Waals surface area contributed by atoms with Crippen LogP contribution in [0, 0.1) is 16.0 Å². The van der Waals surface area contributed by atoms with Gasteiger partial charge in [0.15, 0.2) is 0 Å². The quantitative estimate of drug-likeness (QED) is 0.509. The lowest BCUT2D eigenvalue weighted by Gasteiger charge is -2.19. The molecule has 4 N–H and O–H groups in total. The Labute approximate surface area is 109 Å². The molecule has 19 heavy (non-hydrogen) atoms. The number of carbonyl (C=O) groups is 1. The topological polar surface area (TPSA) is 144 Å². The predicted octanol–water partition coefficient (Wildman–Crippen LogP) is 0.878. The van der Waals surface area contributed by atoms with Crippen LogP contribution >= 0.6 is 0 Å². The first-order valence-corrected chi connectivity index (χ1v) is 5.63. The lowest BCUT2D eigenvalue weighted by atomic mass is 9.99. The van der Waals surface area contributed by atoms with Gasteiger partial charge >= 0.3 is 11.7 Å². The Kier molecular flexibility index (Phi) is 4.56. The van der Waals surface area contributed by atoms with Gasteiger partial charge in [-0.15, -0.1) is 0 Å². The summed E-state index contributed by atoms with van der Waals surface area (Å²) in [5.41, 5.74) is 4.99. The van der Waals surface area contributed by atoms with Gasteiger partial charge in [0.25, 0.3) is 0 Å². The van der Waals surface area contributed by atoms with Crippen molar-refractivity contribution in [3.8, 4) is 0 Å². The Morgan fingerprint density at radius 3 is 2.74 bits per heavy atom. The summed E-state index contributed by atoms with van der Waals surface area (Å²) in [4.78, 5) is 28.3. The van der Waals surface area contributed by atoms with Crippen molar-refractivity contribution < 1.29 is 14.8 Å². The summed E-state index contributed by atoms with van der Waals surface area (Å²) in [6.07, 6.45) is 1.59. The van der Waals surface area contributed by atoms with Gasteiger partial charge in [-0.05, 0) is 5.92 Å². The van der Waals surface area contributed by atoms with Crippen LogP contribution in [-0.2, 0) is 4.79 Å². The van der Waals surface area contributed by atoms with Gasteiger partial charge in [0.05, 0.1) is 4.92 Å². The van der Waals surface area contributed by atoms with Crippen LogP contribution < -0.4 is 11.1 Å². The maximum absolute atomic E-state index is 11.1. The summed E-state index contributed by atoms with van der Waals surface area (Å²) in [7, 11) is 0. The van der Waals surface area contributed by atoms with Gasteiger partial charge in [0, 0.05) is 0 Å². The largest absolute Gasteiger partial charge is 0.480 e. The molecule has 9 heteroatoms. The van der Waals surface area contributed by atoms with E-state index in [1.54, 1.807) is 6.92 Å². The second-order valence-electron chi connectivity index (χ2n) is 4.07. The summed E-state index contributed by atoms with van der Waals surface area (Å²) < 4.78 is 0. The molecule has 1 aromatic rings. The summed E-state index contributed by atoms with van der Waals surface area (Å²) in [6, 6.07) is -0.883.